The van der Waals surface area contributed by atoms with E-state index in [0.717, 1.165) is 24.5 Å². The molecule has 0 aliphatic carbocycles. The third kappa shape index (κ3) is 4.07. The summed E-state index contributed by atoms with van der Waals surface area (Å²) < 4.78 is 55.5. The zero-order valence-electron chi connectivity index (χ0n) is 11.1. The molecule has 0 spiro atoms. The van der Waals surface area contributed by atoms with Gasteiger partial charge in [0.2, 0.25) is 0 Å². The van der Waals surface area contributed by atoms with Gasteiger partial charge in [-0.25, -0.2) is 4.39 Å². The summed E-state index contributed by atoms with van der Waals surface area (Å²) in [5.41, 5.74) is 0.717. The lowest BCUT2D eigenvalue weighted by atomic mass is 9.91. The van der Waals surface area contributed by atoms with Crippen LogP contribution in [-0.2, 0) is 4.74 Å². The van der Waals surface area contributed by atoms with Crippen LogP contribution in [0.5, 0.6) is 0 Å². The summed E-state index contributed by atoms with van der Waals surface area (Å²) in [4.78, 5) is 0. The van der Waals surface area contributed by atoms with Crippen LogP contribution < -0.4 is 0 Å². The summed E-state index contributed by atoms with van der Waals surface area (Å²) in [6.45, 7) is 2.51. The van der Waals surface area contributed by atoms with Crippen molar-refractivity contribution in [2.45, 2.75) is 38.0 Å². The third-order valence-electron chi connectivity index (χ3n) is 3.45. The van der Waals surface area contributed by atoms with Crippen molar-refractivity contribution < 1.29 is 22.3 Å². The number of benzene rings is 1. The highest BCUT2D eigenvalue weighted by molar-refractivity contribution is 5.51. The number of rotatable bonds is 2. The van der Waals surface area contributed by atoms with Crippen LogP contribution in [-0.4, -0.2) is 18.9 Å². The van der Waals surface area contributed by atoms with Gasteiger partial charge in [-0.05, 0) is 37.5 Å². The zero-order chi connectivity index (χ0) is 14.8. The molecule has 1 fully saturated rings. The average Bonchev–Trinajstić information content (AvgIpc) is 2.37. The van der Waals surface area contributed by atoms with Crippen LogP contribution in [0.15, 0.2) is 24.3 Å². The van der Waals surface area contributed by atoms with Crippen molar-refractivity contribution in [3.63, 3.8) is 0 Å². The molecular weight excluding hydrogens is 272 g/mol. The fourth-order valence-corrected chi connectivity index (χ4v) is 2.26. The van der Waals surface area contributed by atoms with Gasteiger partial charge in [0.15, 0.2) is 0 Å². The molecule has 5 heteroatoms. The van der Waals surface area contributed by atoms with Gasteiger partial charge in [-0.3, -0.25) is 0 Å². The van der Waals surface area contributed by atoms with E-state index in [4.69, 9.17) is 4.74 Å². The Morgan fingerprint density at radius 1 is 1.25 bits per heavy atom. The molecule has 0 amide bonds. The number of hydrogen-bond acceptors (Lipinski definition) is 1. The predicted molar refractivity (Wildman–Crippen MR) is 68.9 cm³/mol. The second kappa shape index (κ2) is 5.95. The molecule has 1 aliphatic heterocycles. The van der Waals surface area contributed by atoms with E-state index in [0.29, 0.717) is 6.61 Å². The van der Waals surface area contributed by atoms with Gasteiger partial charge in [0.25, 0.3) is 0 Å². The van der Waals surface area contributed by atoms with E-state index in [1.54, 1.807) is 6.07 Å². The normalized spacial score (nSPS) is 24.2. The van der Waals surface area contributed by atoms with Gasteiger partial charge in [-0.15, -0.1) is 0 Å². The lowest BCUT2D eigenvalue weighted by molar-refractivity contribution is -0.0790. The second-order valence-corrected chi connectivity index (χ2v) is 5.07. The smallest absolute Gasteiger partial charge is 0.378 e. The number of alkyl halides is 3. The molecule has 1 heterocycles. The Kier molecular flexibility index (Phi) is 4.48. The number of ether oxygens (including phenoxy) is 1. The van der Waals surface area contributed by atoms with Crippen LogP contribution in [0.4, 0.5) is 17.6 Å². The van der Waals surface area contributed by atoms with E-state index >= 15 is 0 Å². The summed E-state index contributed by atoms with van der Waals surface area (Å²) in [7, 11) is 0. The van der Waals surface area contributed by atoms with Crippen molar-refractivity contribution in [1.82, 2.24) is 0 Å². The van der Waals surface area contributed by atoms with Crippen LogP contribution in [0.25, 0.3) is 6.08 Å². The Bertz CT molecular complexity index is 485. The number of halogens is 4. The van der Waals surface area contributed by atoms with Crippen molar-refractivity contribution >= 4 is 6.08 Å². The molecule has 0 radical (unpaired) electrons. The van der Waals surface area contributed by atoms with E-state index in [-0.39, 0.29) is 23.7 Å². The minimum absolute atomic E-state index is 0.0382. The molecule has 2 atom stereocenters. The van der Waals surface area contributed by atoms with Gasteiger partial charge in [0.05, 0.1) is 12.7 Å². The maximum atomic E-state index is 13.8. The minimum Gasteiger partial charge on any atom is -0.378 e. The molecule has 0 N–H and O–H groups in total. The first-order chi connectivity index (χ1) is 9.35. The SMILES string of the molecule is CC1CCC(c2ccc(/C=C/C(F)(F)F)c(F)c2)CO1. The van der Waals surface area contributed by atoms with E-state index in [2.05, 4.69) is 0 Å². The molecule has 0 saturated carbocycles. The molecular formula is C15H16F4O. The Balaban J connectivity index is 2.12. The zero-order valence-corrected chi connectivity index (χ0v) is 11.1. The molecule has 110 valence electrons. The molecule has 1 aromatic rings. The van der Waals surface area contributed by atoms with Gasteiger partial charge in [0.1, 0.15) is 5.82 Å². The highest BCUT2D eigenvalue weighted by atomic mass is 19.4. The first kappa shape index (κ1) is 15.0. The van der Waals surface area contributed by atoms with Crippen molar-refractivity contribution in [2.24, 2.45) is 0 Å². The quantitative estimate of drug-likeness (QED) is 0.718. The average molecular weight is 288 g/mol. The van der Waals surface area contributed by atoms with E-state index in [1.807, 2.05) is 6.92 Å². The fraction of sp³-hybridized carbons (Fsp3) is 0.467. The fourth-order valence-electron chi connectivity index (χ4n) is 2.26. The van der Waals surface area contributed by atoms with Gasteiger partial charge in [0, 0.05) is 17.6 Å². The summed E-state index contributed by atoms with van der Waals surface area (Å²) in [6, 6.07) is 4.36. The van der Waals surface area contributed by atoms with E-state index in [9.17, 15) is 17.6 Å². The minimum atomic E-state index is -4.43. The highest BCUT2D eigenvalue weighted by Gasteiger charge is 2.23. The maximum absolute atomic E-state index is 13.8. The number of hydrogen-bond donors (Lipinski definition) is 0. The Hall–Kier alpha value is -1.36. The molecule has 2 unspecified atom stereocenters. The maximum Gasteiger partial charge on any atom is 0.409 e. The molecule has 1 saturated heterocycles. The van der Waals surface area contributed by atoms with Crippen molar-refractivity contribution in [1.29, 1.82) is 0 Å². The van der Waals surface area contributed by atoms with Crippen LogP contribution in [0.2, 0.25) is 0 Å². The Morgan fingerprint density at radius 2 is 2.00 bits per heavy atom. The molecule has 2 rings (SSSR count). The van der Waals surface area contributed by atoms with Gasteiger partial charge in [-0.1, -0.05) is 12.1 Å². The van der Waals surface area contributed by atoms with Crippen LogP contribution >= 0.6 is 0 Å². The van der Waals surface area contributed by atoms with Crippen LogP contribution in [0, 0.1) is 5.82 Å². The Labute approximate surface area is 115 Å². The first-order valence-electron chi connectivity index (χ1n) is 6.52. The van der Waals surface area contributed by atoms with Gasteiger partial charge >= 0.3 is 6.18 Å². The molecule has 1 nitrogen and oxygen atoms in total. The van der Waals surface area contributed by atoms with Gasteiger partial charge < -0.3 is 4.74 Å². The van der Waals surface area contributed by atoms with Crippen molar-refractivity contribution in [3.05, 3.63) is 41.2 Å². The standard InChI is InChI=1S/C15H16F4O/c1-10-2-3-13(9-20-10)12-5-4-11(14(16)8-12)6-7-15(17,18)19/h4-8,10,13H,2-3,9H2,1H3/b7-6+. The predicted octanol–water partition coefficient (Wildman–Crippen LogP) is 4.68. The van der Waals surface area contributed by atoms with Crippen LogP contribution in [0.3, 0.4) is 0 Å². The number of allylic oxidation sites excluding steroid dienone is 1. The van der Waals surface area contributed by atoms with Crippen molar-refractivity contribution in [2.75, 3.05) is 6.61 Å². The molecule has 0 bridgehead atoms. The molecule has 1 aromatic carbocycles. The summed E-state index contributed by atoms with van der Waals surface area (Å²) in [6.07, 6.45) is -1.63. The lowest BCUT2D eigenvalue weighted by Gasteiger charge is -2.27. The van der Waals surface area contributed by atoms with Crippen LogP contribution in [0.1, 0.15) is 36.8 Å². The monoisotopic (exact) mass is 288 g/mol. The molecule has 0 aromatic heterocycles. The van der Waals surface area contributed by atoms with E-state index in [1.165, 1.54) is 12.1 Å². The third-order valence-corrected chi connectivity index (χ3v) is 3.45. The highest BCUT2D eigenvalue weighted by Crippen LogP contribution is 2.29. The molecule has 1 aliphatic rings. The summed E-state index contributed by atoms with van der Waals surface area (Å²) in [5, 5.41) is 0. The largest absolute Gasteiger partial charge is 0.409 e. The molecule has 20 heavy (non-hydrogen) atoms. The van der Waals surface area contributed by atoms with Gasteiger partial charge in [-0.2, -0.15) is 13.2 Å². The van der Waals surface area contributed by atoms with Crippen molar-refractivity contribution in [3.8, 4) is 0 Å². The summed E-state index contributed by atoms with van der Waals surface area (Å²) in [5.74, 6) is -0.525. The first-order valence-corrected chi connectivity index (χ1v) is 6.52. The lowest BCUT2D eigenvalue weighted by Crippen LogP contribution is -2.22. The summed E-state index contributed by atoms with van der Waals surface area (Å²) >= 11 is 0. The second-order valence-electron chi connectivity index (χ2n) is 5.07. The topological polar surface area (TPSA) is 9.23 Å². The Morgan fingerprint density at radius 3 is 2.55 bits per heavy atom. The van der Waals surface area contributed by atoms with E-state index < -0.39 is 12.0 Å².